The number of benzene rings is 2. The molecule has 5 nitrogen and oxygen atoms in total. The standard InChI is InChI=1S/C21H23N3O2S2/c1-14-11-18-12-17(9-10-20(18)24(14)28(3,25)26)19-13-27-21(23-19)22-15(2)16-7-5-4-6-8-16/h4-10,12-15H,11H2,1-3H3,(H,22,23)/t14-,15+/m1/s1. The van der Waals surface area contributed by atoms with Crippen LogP contribution in [-0.4, -0.2) is 25.7 Å². The summed E-state index contributed by atoms with van der Waals surface area (Å²) in [5.74, 6) is 0. The molecule has 0 saturated heterocycles. The first-order chi connectivity index (χ1) is 13.3. The summed E-state index contributed by atoms with van der Waals surface area (Å²) in [6.45, 7) is 4.06. The molecule has 0 bridgehead atoms. The summed E-state index contributed by atoms with van der Waals surface area (Å²) in [7, 11) is -3.27. The Hall–Kier alpha value is -2.38. The predicted molar refractivity (Wildman–Crippen MR) is 117 cm³/mol. The second kappa shape index (κ2) is 7.22. The molecule has 1 N–H and O–H groups in total. The predicted octanol–water partition coefficient (Wildman–Crippen LogP) is 4.69. The highest BCUT2D eigenvalue weighted by atomic mass is 32.2. The molecule has 0 saturated carbocycles. The van der Waals surface area contributed by atoms with Crippen molar-refractivity contribution >= 4 is 32.2 Å². The van der Waals surface area contributed by atoms with E-state index in [1.54, 1.807) is 11.3 Å². The summed E-state index contributed by atoms with van der Waals surface area (Å²) < 4.78 is 25.7. The van der Waals surface area contributed by atoms with Gasteiger partial charge in [-0.15, -0.1) is 11.3 Å². The van der Waals surface area contributed by atoms with Crippen LogP contribution in [0.2, 0.25) is 0 Å². The first kappa shape index (κ1) is 19.0. The van der Waals surface area contributed by atoms with E-state index in [4.69, 9.17) is 4.98 Å². The van der Waals surface area contributed by atoms with Crippen LogP contribution in [-0.2, 0) is 16.4 Å². The third-order valence-corrected chi connectivity index (χ3v) is 7.07. The lowest BCUT2D eigenvalue weighted by Gasteiger charge is -2.21. The summed E-state index contributed by atoms with van der Waals surface area (Å²) in [5, 5.41) is 6.36. The summed E-state index contributed by atoms with van der Waals surface area (Å²) in [6, 6.07) is 16.3. The molecule has 0 spiro atoms. The minimum absolute atomic E-state index is 0.0559. The summed E-state index contributed by atoms with van der Waals surface area (Å²) >= 11 is 1.58. The van der Waals surface area contributed by atoms with Gasteiger partial charge in [0.05, 0.1) is 23.7 Å². The van der Waals surface area contributed by atoms with Gasteiger partial charge in [0.1, 0.15) is 0 Å². The largest absolute Gasteiger partial charge is 0.355 e. The number of aromatic nitrogens is 1. The number of nitrogens with zero attached hydrogens (tertiary/aromatic N) is 2. The Morgan fingerprint density at radius 1 is 1.21 bits per heavy atom. The summed E-state index contributed by atoms with van der Waals surface area (Å²) in [6.07, 6.45) is 1.98. The maximum absolute atomic E-state index is 12.1. The number of rotatable bonds is 5. The number of anilines is 2. The molecule has 0 fully saturated rings. The summed E-state index contributed by atoms with van der Waals surface area (Å²) in [4.78, 5) is 4.73. The van der Waals surface area contributed by atoms with Gasteiger partial charge in [-0.1, -0.05) is 36.4 Å². The Balaban J connectivity index is 1.56. The van der Waals surface area contributed by atoms with E-state index in [9.17, 15) is 8.42 Å². The molecule has 1 aliphatic heterocycles. The maximum atomic E-state index is 12.1. The fourth-order valence-electron chi connectivity index (χ4n) is 3.75. The zero-order chi connectivity index (χ0) is 19.9. The van der Waals surface area contributed by atoms with E-state index in [1.807, 2.05) is 42.6 Å². The van der Waals surface area contributed by atoms with Crippen molar-refractivity contribution in [2.75, 3.05) is 15.9 Å². The lowest BCUT2D eigenvalue weighted by Crippen LogP contribution is -2.34. The third kappa shape index (κ3) is 3.64. The minimum atomic E-state index is -3.27. The molecule has 1 aliphatic rings. The van der Waals surface area contributed by atoms with Crippen molar-refractivity contribution in [3.63, 3.8) is 0 Å². The molecule has 4 rings (SSSR count). The van der Waals surface area contributed by atoms with Gasteiger partial charge in [0.2, 0.25) is 10.0 Å². The van der Waals surface area contributed by atoms with E-state index in [0.717, 1.165) is 34.1 Å². The normalized spacial score (nSPS) is 17.4. The van der Waals surface area contributed by atoms with Crippen molar-refractivity contribution in [2.24, 2.45) is 0 Å². The van der Waals surface area contributed by atoms with E-state index in [-0.39, 0.29) is 12.1 Å². The van der Waals surface area contributed by atoms with Crippen LogP contribution in [0.15, 0.2) is 53.9 Å². The van der Waals surface area contributed by atoms with Crippen LogP contribution >= 0.6 is 11.3 Å². The number of nitrogens with one attached hydrogen (secondary N) is 1. The highest BCUT2D eigenvalue weighted by Crippen LogP contribution is 2.37. The number of hydrogen-bond acceptors (Lipinski definition) is 5. The van der Waals surface area contributed by atoms with E-state index in [1.165, 1.54) is 16.1 Å². The van der Waals surface area contributed by atoms with Crippen molar-refractivity contribution in [2.45, 2.75) is 32.4 Å². The molecule has 7 heteroatoms. The first-order valence-electron chi connectivity index (χ1n) is 9.22. The fraction of sp³-hybridized carbons (Fsp3) is 0.286. The molecular weight excluding hydrogens is 390 g/mol. The van der Waals surface area contributed by atoms with Gasteiger partial charge in [0.15, 0.2) is 5.13 Å². The Morgan fingerprint density at radius 2 is 1.96 bits per heavy atom. The molecule has 1 aromatic heterocycles. The number of hydrogen-bond donors (Lipinski definition) is 1. The monoisotopic (exact) mass is 413 g/mol. The zero-order valence-corrected chi connectivity index (χ0v) is 17.7. The van der Waals surface area contributed by atoms with Crippen molar-refractivity contribution in [3.8, 4) is 11.3 Å². The van der Waals surface area contributed by atoms with Crippen molar-refractivity contribution in [1.82, 2.24) is 4.98 Å². The lowest BCUT2D eigenvalue weighted by atomic mass is 10.1. The quantitative estimate of drug-likeness (QED) is 0.659. The van der Waals surface area contributed by atoms with E-state index >= 15 is 0 Å². The van der Waals surface area contributed by atoms with Crippen LogP contribution in [0.3, 0.4) is 0 Å². The van der Waals surface area contributed by atoms with Gasteiger partial charge in [-0.2, -0.15) is 0 Å². The number of thiazole rings is 1. The molecule has 0 aliphatic carbocycles. The van der Waals surface area contributed by atoms with Gasteiger partial charge >= 0.3 is 0 Å². The van der Waals surface area contributed by atoms with E-state index in [0.29, 0.717) is 0 Å². The summed E-state index contributed by atoms with van der Waals surface area (Å²) in [5.41, 5.74) is 4.96. The van der Waals surface area contributed by atoms with Gasteiger partial charge in [0.25, 0.3) is 0 Å². The van der Waals surface area contributed by atoms with Crippen molar-refractivity contribution in [1.29, 1.82) is 0 Å². The van der Waals surface area contributed by atoms with Gasteiger partial charge < -0.3 is 5.32 Å². The molecular formula is C21H23N3O2S2. The molecule has 28 heavy (non-hydrogen) atoms. The molecule has 2 aromatic carbocycles. The second-order valence-electron chi connectivity index (χ2n) is 7.27. The van der Waals surface area contributed by atoms with Crippen LogP contribution in [0.4, 0.5) is 10.8 Å². The van der Waals surface area contributed by atoms with Crippen molar-refractivity contribution < 1.29 is 8.42 Å². The van der Waals surface area contributed by atoms with Gasteiger partial charge in [-0.05, 0) is 43.5 Å². The molecule has 0 radical (unpaired) electrons. The Kier molecular flexibility index (Phi) is 4.89. The maximum Gasteiger partial charge on any atom is 0.232 e. The Morgan fingerprint density at radius 3 is 2.68 bits per heavy atom. The smallest absolute Gasteiger partial charge is 0.232 e. The first-order valence-corrected chi connectivity index (χ1v) is 12.0. The average Bonchev–Trinajstić information content (AvgIpc) is 3.24. The second-order valence-corrected chi connectivity index (χ2v) is 9.99. The Bertz CT molecular complexity index is 1090. The van der Waals surface area contributed by atoms with E-state index < -0.39 is 10.0 Å². The van der Waals surface area contributed by atoms with Crippen LogP contribution in [0.1, 0.15) is 31.0 Å². The molecule has 146 valence electrons. The Labute approximate surface area is 170 Å². The topological polar surface area (TPSA) is 62.3 Å². The van der Waals surface area contributed by atoms with Gasteiger partial charge in [-0.25, -0.2) is 13.4 Å². The van der Waals surface area contributed by atoms with Crippen LogP contribution in [0.5, 0.6) is 0 Å². The van der Waals surface area contributed by atoms with Gasteiger partial charge in [-0.3, -0.25) is 4.31 Å². The molecule has 0 amide bonds. The lowest BCUT2D eigenvalue weighted by molar-refractivity contribution is 0.590. The number of sulfonamides is 1. The highest BCUT2D eigenvalue weighted by molar-refractivity contribution is 7.92. The molecule has 0 unspecified atom stereocenters. The molecule has 2 heterocycles. The molecule has 2 atom stereocenters. The van der Waals surface area contributed by atoms with Crippen molar-refractivity contribution in [3.05, 3.63) is 65.0 Å². The minimum Gasteiger partial charge on any atom is -0.355 e. The third-order valence-electron chi connectivity index (χ3n) is 5.03. The van der Waals surface area contributed by atoms with Crippen LogP contribution in [0, 0.1) is 0 Å². The highest BCUT2D eigenvalue weighted by Gasteiger charge is 2.32. The fourth-order valence-corrected chi connectivity index (χ4v) is 5.82. The SMILES string of the molecule is C[C@H](Nc1nc(-c2ccc3c(c2)C[C@@H](C)N3S(C)(=O)=O)cs1)c1ccccc1. The number of fused-ring (bicyclic) bond motifs is 1. The van der Waals surface area contributed by atoms with E-state index in [2.05, 4.69) is 30.4 Å². The average molecular weight is 414 g/mol. The van der Waals surface area contributed by atoms with Crippen LogP contribution in [0.25, 0.3) is 11.3 Å². The zero-order valence-electron chi connectivity index (χ0n) is 16.1. The molecule has 3 aromatic rings. The van der Waals surface area contributed by atoms with Crippen LogP contribution < -0.4 is 9.62 Å². The van der Waals surface area contributed by atoms with Gasteiger partial charge in [0, 0.05) is 17.0 Å².